The van der Waals surface area contributed by atoms with Crippen LogP contribution in [-0.4, -0.2) is 64.5 Å². The summed E-state index contributed by atoms with van der Waals surface area (Å²) in [6, 6.07) is -1.07. The first-order valence-corrected chi connectivity index (χ1v) is 11.1. The predicted octanol–water partition coefficient (Wildman–Crippen LogP) is 3.38. The molecule has 0 aromatic carbocycles. The normalized spacial score (nSPS) is 21.9. The van der Waals surface area contributed by atoms with Crippen molar-refractivity contribution in [1.29, 1.82) is 0 Å². The quantitative estimate of drug-likeness (QED) is 0.525. The second-order valence-electron chi connectivity index (χ2n) is 8.09. The van der Waals surface area contributed by atoms with Crippen molar-refractivity contribution in [3.63, 3.8) is 0 Å². The fourth-order valence-corrected chi connectivity index (χ4v) is 4.34. The van der Waals surface area contributed by atoms with Crippen LogP contribution in [0.3, 0.4) is 0 Å². The van der Waals surface area contributed by atoms with Gasteiger partial charge in [-0.15, -0.1) is 0 Å². The molecule has 0 saturated carbocycles. The van der Waals surface area contributed by atoms with Gasteiger partial charge in [-0.2, -0.15) is 0 Å². The van der Waals surface area contributed by atoms with E-state index in [1.165, 1.54) is 43.4 Å². The SMILES string of the molecule is CCCCCCCCCCNC(=O)[C@@H]1CCCN1C(=O)C1CCCN1C(=O)O. The predicted molar refractivity (Wildman–Crippen MR) is 108 cm³/mol. The molecule has 2 heterocycles. The van der Waals surface area contributed by atoms with Crippen molar-refractivity contribution < 1.29 is 19.5 Å². The molecule has 1 unspecified atom stereocenters. The van der Waals surface area contributed by atoms with E-state index in [-0.39, 0.29) is 11.8 Å². The van der Waals surface area contributed by atoms with E-state index in [9.17, 15) is 19.5 Å². The van der Waals surface area contributed by atoms with Gasteiger partial charge in [0.15, 0.2) is 0 Å². The number of nitrogens with one attached hydrogen (secondary N) is 1. The maximum Gasteiger partial charge on any atom is 0.407 e. The summed E-state index contributed by atoms with van der Waals surface area (Å²) in [6.07, 6.45) is 11.4. The highest BCUT2D eigenvalue weighted by atomic mass is 16.4. The fraction of sp³-hybridized carbons (Fsp3) is 0.857. The van der Waals surface area contributed by atoms with Crippen LogP contribution in [0.4, 0.5) is 4.79 Å². The zero-order valence-corrected chi connectivity index (χ0v) is 17.3. The Balaban J connectivity index is 1.69. The van der Waals surface area contributed by atoms with Crippen LogP contribution in [0, 0.1) is 0 Å². The van der Waals surface area contributed by atoms with E-state index in [4.69, 9.17) is 0 Å². The third-order valence-corrected chi connectivity index (χ3v) is 5.95. The minimum absolute atomic E-state index is 0.0892. The molecule has 0 radical (unpaired) electrons. The Labute approximate surface area is 168 Å². The summed E-state index contributed by atoms with van der Waals surface area (Å²) in [7, 11) is 0. The highest BCUT2D eigenvalue weighted by Crippen LogP contribution is 2.25. The van der Waals surface area contributed by atoms with Crippen LogP contribution in [0.15, 0.2) is 0 Å². The molecule has 0 aromatic heterocycles. The van der Waals surface area contributed by atoms with E-state index in [2.05, 4.69) is 12.2 Å². The summed E-state index contributed by atoms with van der Waals surface area (Å²) in [5.74, 6) is -0.293. The maximum absolute atomic E-state index is 12.8. The highest BCUT2D eigenvalue weighted by molar-refractivity contribution is 5.92. The molecule has 0 aromatic rings. The molecule has 2 rings (SSSR count). The Morgan fingerprint density at radius 1 is 0.857 bits per heavy atom. The van der Waals surface area contributed by atoms with Crippen molar-refractivity contribution in [2.24, 2.45) is 0 Å². The van der Waals surface area contributed by atoms with E-state index in [0.717, 1.165) is 19.3 Å². The Kier molecular flexibility index (Phi) is 9.58. The molecule has 7 heteroatoms. The van der Waals surface area contributed by atoms with Gasteiger partial charge in [-0.3, -0.25) is 14.5 Å². The number of rotatable bonds is 11. The zero-order valence-electron chi connectivity index (χ0n) is 17.3. The van der Waals surface area contributed by atoms with Gasteiger partial charge < -0.3 is 15.3 Å². The number of carbonyl (C=O) groups excluding carboxylic acids is 2. The lowest BCUT2D eigenvalue weighted by atomic mass is 10.1. The van der Waals surface area contributed by atoms with E-state index in [0.29, 0.717) is 38.9 Å². The molecular formula is C21H37N3O4. The summed E-state index contributed by atoms with van der Waals surface area (Å²) >= 11 is 0. The number of unbranched alkanes of at least 4 members (excludes halogenated alkanes) is 7. The van der Waals surface area contributed by atoms with Gasteiger partial charge in [0, 0.05) is 19.6 Å². The van der Waals surface area contributed by atoms with E-state index < -0.39 is 18.2 Å². The van der Waals surface area contributed by atoms with Crippen LogP contribution in [0.5, 0.6) is 0 Å². The molecule has 2 N–H and O–H groups in total. The standard InChI is InChI=1S/C21H37N3O4/c1-2-3-4-5-6-7-8-9-14-22-19(25)17-12-10-15-23(17)20(26)18-13-11-16-24(18)21(27)28/h17-18H,2-16H2,1H3,(H,22,25)(H,27,28)/t17-,18?/m0/s1. The zero-order chi connectivity index (χ0) is 20.4. The van der Waals surface area contributed by atoms with E-state index in [1.54, 1.807) is 4.90 Å². The summed E-state index contributed by atoms with van der Waals surface area (Å²) < 4.78 is 0. The van der Waals surface area contributed by atoms with Gasteiger partial charge in [0.05, 0.1) is 0 Å². The van der Waals surface area contributed by atoms with Gasteiger partial charge in [-0.1, -0.05) is 51.9 Å². The molecule has 2 atom stereocenters. The average Bonchev–Trinajstić information content (AvgIpc) is 3.35. The minimum atomic E-state index is -1.05. The number of carboxylic acid groups (broad SMARTS) is 1. The summed E-state index contributed by atoms with van der Waals surface area (Å²) in [6.45, 7) is 3.81. The third kappa shape index (κ3) is 6.38. The first kappa shape index (κ1) is 22.5. The van der Waals surface area contributed by atoms with Crippen LogP contribution in [0.1, 0.15) is 84.0 Å². The van der Waals surface area contributed by atoms with Gasteiger partial charge >= 0.3 is 6.09 Å². The number of hydrogen-bond acceptors (Lipinski definition) is 3. The lowest BCUT2D eigenvalue weighted by Crippen LogP contribution is -2.52. The molecule has 2 saturated heterocycles. The molecule has 28 heavy (non-hydrogen) atoms. The van der Waals surface area contributed by atoms with Gasteiger partial charge in [-0.25, -0.2) is 4.79 Å². The first-order valence-electron chi connectivity index (χ1n) is 11.1. The smallest absolute Gasteiger partial charge is 0.407 e. The van der Waals surface area contributed by atoms with Crippen molar-refractivity contribution in [2.75, 3.05) is 19.6 Å². The van der Waals surface area contributed by atoms with Gasteiger partial charge in [0.1, 0.15) is 12.1 Å². The molecular weight excluding hydrogens is 358 g/mol. The maximum atomic E-state index is 12.8. The molecule has 0 spiro atoms. The monoisotopic (exact) mass is 395 g/mol. The van der Waals surface area contributed by atoms with Gasteiger partial charge in [0.2, 0.25) is 11.8 Å². The summed E-state index contributed by atoms with van der Waals surface area (Å²) in [5.41, 5.74) is 0. The van der Waals surface area contributed by atoms with Crippen molar-refractivity contribution in [3.8, 4) is 0 Å². The summed E-state index contributed by atoms with van der Waals surface area (Å²) in [4.78, 5) is 39.6. The Morgan fingerprint density at radius 2 is 1.43 bits per heavy atom. The Bertz CT molecular complexity index is 526. The Hall–Kier alpha value is -1.79. The Morgan fingerprint density at radius 3 is 2.07 bits per heavy atom. The van der Waals surface area contributed by atoms with Crippen LogP contribution < -0.4 is 5.32 Å². The van der Waals surface area contributed by atoms with Crippen LogP contribution >= 0.6 is 0 Å². The van der Waals surface area contributed by atoms with Crippen LogP contribution in [0.25, 0.3) is 0 Å². The van der Waals surface area contributed by atoms with Crippen LogP contribution in [-0.2, 0) is 9.59 Å². The number of amides is 3. The first-order chi connectivity index (χ1) is 13.6. The molecule has 0 aliphatic carbocycles. The van der Waals surface area contributed by atoms with Gasteiger partial charge in [-0.05, 0) is 32.1 Å². The molecule has 2 aliphatic rings. The number of hydrogen-bond donors (Lipinski definition) is 2. The number of nitrogens with zero attached hydrogens (tertiary/aromatic N) is 2. The second kappa shape index (κ2) is 11.9. The third-order valence-electron chi connectivity index (χ3n) is 5.95. The van der Waals surface area contributed by atoms with Crippen molar-refractivity contribution >= 4 is 17.9 Å². The molecule has 0 bridgehead atoms. The van der Waals surface area contributed by atoms with Gasteiger partial charge in [0.25, 0.3) is 0 Å². The summed E-state index contributed by atoms with van der Waals surface area (Å²) in [5, 5.41) is 12.3. The fourth-order valence-electron chi connectivity index (χ4n) is 4.34. The second-order valence-corrected chi connectivity index (χ2v) is 8.09. The van der Waals surface area contributed by atoms with Crippen molar-refractivity contribution in [2.45, 2.75) is 96.1 Å². The van der Waals surface area contributed by atoms with E-state index in [1.807, 2.05) is 0 Å². The topological polar surface area (TPSA) is 90.0 Å². The molecule has 160 valence electrons. The largest absolute Gasteiger partial charge is 0.465 e. The lowest BCUT2D eigenvalue weighted by Gasteiger charge is -2.29. The molecule has 3 amide bonds. The number of carbonyl (C=O) groups is 3. The van der Waals surface area contributed by atoms with Crippen LogP contribution in [0.2, 0.25) is 0 Å². The van der Waals surface area contributed by atoms with Crippen molar-refractivity contribution in [3.05, 3.63) is 0 Å². The highest BCUT2D eigenvalue weighted by Gasteiger charge is 2.41. The van der Waals surface area contributed by atoms with E-state index >= 15 is 0 Å². The number of likely N-dealkylation sites (tertiary alicyclic amines) is 2. The lowest BCUT2D eigenvalue weighted by molar-refractivity contribution is -0.141. The average molecular weight is 396 g/mol. The molecule has 2 aliphatic heterocycles. The molecule has 2 fully saturated rings. The minimum Gasteiger partial charge on any atom is -0.465 e. The molecule has 7 nitrogen and oxygen atoms in total. The van der Waals surface area contributed by atoms with Crippen molar-refractivity contribution in [1.82, 2.24) is 15.1 Å².